The molecule has 0 amide bonds. The van der Waals surface area contributed by atoms with Crippen LogP contribution in [-0.4, -0.2) is 20.2 Å². The second kappa shape index (κ2) is 4.83. The molecule has 1 heterocycles. The number of nitrogen functional groups attached to an aromatic ring is 1. The summed E-state index contributed by atoms with van der Waals surface area (Å²) in [6, 6.07) is 8.51. The zero-order valence-corrected chi connectivity index (χ0v) is 10.1. The van der Waals surface area contributed by atoms with E-state index in [1.165, 1.54) is 7.11 Å². The molecule has 2 N–H and O–H groups in total. The molecule has 2 rings (SSSR count). The fraction of sp³-hybridized carbons (Fsp3) is 0.154. The lowest BCUT2D eigenvalue weighted by Gasteiger charge is -2.05. The second-order valence-electron chi connectivity index (χ2n) is 3.61. The first-order valence-corrected chi connectivity index (χ1v) is 5.27. The van der Waals surface area contributed by atoms with Gasteiger partial charge in [0.15, 0.2) is 0 Å². The van der Waals surface area contributed by atoms with Crippen LogP contribution in [0, 0.1) is 0 Å². The third-order valence-electron chi connectivity index (χ3n) is 2.51. The molecule has 94 valence electrons. The van der Waals surface area contributed by atoms with E-state index in [0.717, 1.165) is 5.56 Å². The minimum absolute atomic E-state index is 0.155. The molecule has 0 bridgehead atoms. The molecule has 1 aromatic heterocycles. The predicted molar refractivity (Wildman–Crippen MR) is 66.4 cm³/mol. The smallest absolute Gasteiger partial charge is 0.373 e. The number of benzene rings is 1. The van der Waals surface area contributed by atoms with Gasteiger partial charge in [-0.25, -0.2) is 4.79 Å². The summed E-state index contributed by atoms with van der Waals surface area (Å²) in [6.07, 6.45) is 0. The zero-order valence-electron chi connectivity index (χ0n) is 10.1. The Morgan fingerprint density at radius 2 is 2.00 bits per heavy atom. The van der Waals surface area contributed by atoms with E-state index in [9.17, 15) is 4.79 Å². The number of ether oxygens (including phenoxy) is 2. The molecule has 1 aromatic carbocycles. The summed E-state index contributed by atoms with van der Waals surface area (Å²) in [4.78, 5) is 11.3. The Labute approximate surface area is 104 Å². The van der Waals surface area contributed by atoms with Crippen molar-refractivity contribution in [3.05, 3.63) is 36.1 Å². The normalized spacial score (nSPS) is 10.1. The number of rotatable bonds is 3. The number of anilines is 1. The second-order valence-corrected chi connectivity index (χ2v) is 3.61. The molecule has 0 saturated carbocycles. The first-order valence-electron chi connectivity index (χ1n) is 5.27. The van der Waals surface area contributed by atoms with E-state index in [-0.39, 0.29) is 5.76 Å². The van der Waals surface area contributed by atoms with Gasteiger partial charge in [0.05, 0.1) is 19.9 Å². The Bertz CT molecular complexity index is 574. The van der Waals surface area contributed by atoms with Crippen LogP contribution >= 0.6 is 0 Å². The van der Waals surface area contributed by atoms with Crippen LogP contribution in [0.4, 0.5) is 5.69 Å². The molecule has 0 aliphatic heterocycles. The third-order valence-corrected chi connectivity index (χ3v) is 2.51. The Morgan fingerprint density at radius 3 is 2.61 bits per heavy atom. The average molecular weight is 247 g/mol. The third kappa shape index (κ3) is 2.15. The van der Waals surface area contributed by atoms with E-state index in [1.807, 2.05) is 0 Å². The van der Waals surface area contributed by atoms with E-state index < -0.39 is 5.97 Å². The van der Waals surface area contributed by atoms with Crippen LogP contribution in [0.1, 0.15) is 10.6 Å². The van der Waals surface area contributed by atoms with Gasteiger partial charge in [0, 0.05) is 5.56 Å². The lowest BCUT2D eigenvalue weighted by Crippen LogP contribution is -1.98. The molecule has 5 nitrogen and oxygen atoms in total. The largest absolute Gasteiger partial charge is 0.495 e. The average Bonchev–Trinajstić information content (AvgIpc) is 2.87. The molecule has 0 fully saturated rings. The van der Waals surface area contributed by atoms with Crippen molar-refractivity contribution < 1.29 is 18.7 Å². The highest BCUT2D eigenvalue weighted by molar-refractivity contribution is 5.87. The molecule has 18 heavy (non-hydrogen) atoms. The molecular formula is C13H13NO4. The van der Waals surface area contributed by atoms with Crippen LogP contribution in [0.25, 0.3) is 11.3 Å². The van der Waals surface area contributed by atoms with Crippen molar-refractivity contribution >= 4 is 11.7 Å². The van der Waals surface area contributed by atoms with Gasteiger partial charge in [-0.2, -0.15) is 0 Å². The number of carbonyl (C=O) groups is 1. The number of hydrogen-bond donors (Lipinski definition) is 1. The summed E-state index contributed by atoms with van der Waals surface area (Å²) >= 11 is 0. The van der Waals surface area contributed by atoms with Crippen LogP contribution in [0.2, 0.25) is 0 Å². The molecule has 0 unspecified atom stereocenters. The highest BCUT2D eigenvalue weighted by Gasteiger charge is 2.12. The SMILES string of the molecule is COC(=O)c1ccc(-c2ccc(OC)c(N)c2)o1. The van der Waals surface area contributed by atoms with Gasteiger partial charge in [0.25, 0.3) is 0 Å². The van der Waals surface area contributed by atoms with Gasteiger partial charge in [-0.3, -0.25) is 0 Å². The molecule has 0 aliphatic rings. The number of nitrogens with two attached hydrogens (primary N) is 1. The lowest BCUT2D eigenvalue weighted by atomic mass is 10.1. The topological polar surface area (TPSA) is 74.7 Å². The highest BCUT2D eigenvalue weighted by Crippen LogP contribution is 2.29. The molecular weight excluding hydrogens is 234 g/mol. The van der Waals surface area contributed by atoms with Gasteiger partial charge in [-0.15, -0.1) is 0 Å². The fourth-order valence-electron chi connectivity index (χ4n) is 1.59. The maximum absolute atomic E-state index is 11.3. The molecule has 0 saturated heterocycles. The number of hydrogen-bond acceptors (Lipinski definition) is 5. The first-order chi connectivity index (χ1) is 8.65. The Morgan fingerprint density at radius 1 is 1.22 bits per heavy atom. The highest BCUT2D eigenvalue weighted by atomic mass is 16.5. The van der Waals surface area contributed by atoms with Crippen LogP contribution in [0.15, 0.2) is 34.7 Å². The quantitative estimate of drug-likeness (QED) is 0.665. The van der Waals surface area contributed by atoms with Crippen molar-refractivity contribution in [1.82, 2.24) is 0 Å². The van der Waals surface area contributed by atoms with E-state index >= 15 is 0 Å². The molecule has 5 heteroatoms. The van der Waals surface area contributed by atoms with Crippen molar-refractivity contribution in [2.75, 3.05) is 20.0 Å². The van der Waals surface area contributed by atoms with Gasteiger partial charge in [-0.1, -0.05) is 0 Å². The first kappa shape index (κ1) is 12.0. The van der Waals surface area contributed by atoms with Gasteiger partial charge in [-0.05, 0) is 30.3 Å². The maximum Gasteiger partial charge on any atom is 0.373 e. The Kier molecular flexibility index (Phi) is 3.23. The van der Waals surface area contributed by atoms with Crippen molar-refractivity contribution in [1.29, 1.82) is 0 Å². The number of methoxy groups -OCH3 is 2. The van der Waals surface area contributed by atoms with Gasteiger partial charge in [0.2, 0.25) is 5.76 Å². The number of furan rings is 1. The monoisotopic (exact) mass is 247 g/mol. The summed E-state index contributed by atoms with van der Waals surface area (Å²) in [5, 5.41) is 0. The number of carbonyl (C=O) groups excluding carboxylic acids is 1. The Hall–Kier alpha value is -2.43. The van der Waals surface area contributed by atoms with Crippen molar-refractivity contribution in [3.63, 3.8) is 0 Å². The van der Waals surface area contributed by atoms with Crippen molar-refractivity contribution in [3.8, 4) is 17.1 Å². The van der Waals surface area contributed by atoms with Crippen LogP contribution < -0.4 is 10.5 Å². The summed E-state index contributed by atoms with van der Waals surface area (Å²) in [6.45, 7) is 0. The van der Waals surface area contributed by atoms with E-state index in [1.54, 1.807) is 37.4 Å². The van der Waals surface area contributed by atoms with Crippen molar-refractivity contribution in [2.45, 2.75) is 0 Å². The predicted octanol–water partition coefficient (Wildman–Crippen LogP) is 2.32. The molecule has 2 aromatic rings. The minimum atomic E-state index is -0.511. The summed E-state index contributed by atoms with van der Waals surface area (Å²) in [7, 11) is 2.85. The van der Waals surface area contributed by atoms with Crippen LogP contribution in [-0.2, 0) is 4.74 Å². The summed E-state index contributed by atoms with van der Waals surface area (Å²) < 4.78 is 15.0. The molecule has 0 radical (unpaired) electrons. The van der Waals surface area contributed by atoms with E-state index in [4.69, 9.17) is 14.9 Å². The summed E-state index contributed by atoms with van der Waals surface area (Å²) in [5.41, 5.74) is 7.08. The maximum atomic E-state index is 11.3. The van der Waals surface area contributed by atoms with E-state index in [2.05, 4.69) is 4.74 Å². The van der Waals surface area contributed by atoms with Crippen LogP contribution in [0.3, 0.4) is 0 Å². The van der Waals surface area contributed by atoms with Gasteiger partial charge < -0.3 is 19.6 Å². The van der Waals surface area contributed by atoms with Gasteiger partial charge in [0.1, 0.15) is 11.5 Å². The molecule has 0 aliphatic carbocycles. The van der Waals surface area contributed by atoms with Crippen LogP contribution in [0.5, 0.6) is 5.75 Å². The zero-order chi connectivity index (χ0) is 13.1. The lowest BCUT2D eigenvalue weighted by molar-refractivity contribution is 0.0566. The van der Waals surface area contributed by atoms with E-state index in [0.29, 0.717) is 17.2 Å². The Balaban J connectivity index is 2.34. The number of esters is 1. The standard InChI is InChI=1S/C13H13NO4/c1-16-11-4-3-8(7-9(11)14)10-5-6-12(18-10)13(15)17-2/h3-7H,14H2,1-2H3. The minimum Gasteiger partial charge on any atom is -0.495 e. The van der Waals surface area contributed by atoms with Crippen molar-refractivity contribution in [2.24, 2.45) is 0 Å². The molecule has 0 spiro atoms. The fourth-order valence-corrected chi connectivity index (χ4v) is 1.59. The summed E-state index contributed by atoms with van der Waals surface area (Å²) in [5.74, 6) is 0.785. The van der Waals surface area contributed by atoms with Gasteiger partial charge >= 0.3 is 5.97 Å². The molecule has 0 atom stereocenters.